The fraction of sp³-hybridized carbons (Fsp3) is 0.217. The van der Waals surface area contributed by atoms with Gasteiger partial charge in [-0.05, 0) is 29.8 Å². The smallest absolute Gasteiger partial charge is 0.324 e. The van der Waals surface area contributed by atoms with E-state index in [1.54, 1.807) is 20.3 Å². The average molecular weight is 582 g/mol. The molecule has 0 saturated carbocycles. The van der Waals surface area contributed by atoms with Gasteiger partial charge in [-0.25, -0.2) is 27.9 Å². The molecule has 0 radical (unpaired) electrons. The Morgan fingerprint density at radius 2 is 1.68 bits per heavy atom. The molecule has 208 valence electrons. The molecule has 0 unspecified atom stereocenters. The first-order valence-electron chi connectivity index (χ1n) is 11.3. The number of hydrogen-bond acceptors (Lipinski definition) is 7. The maximum Gasteiger partial charge on any atom is 0.416 e. The zero-order chi connectivity index (χ0) is 28.9. The molecule has 11 nitrogen and oxygen atoms in total. The Kier molecular flexibility index (Phi) is 6.65. The first kappa shape index (κ1) is 27.0. The number of benzene rings is 2. The summed E-state index contributed by atoms with van der Waals surface area (Å²) in [6.07, 6.45) is -2.11. The number of nitrogens with one attached hydrogen (secondary N) is 1. The predicted molar refractivity (Wildman–Crippen MR) is 132 cm³/mol. The number of alkyl halides is 3. The molecule has 2 aromatic carbocycles. The van der Waals surface area contributed by atoms with E-state index in [2.05, 4.69) is 25.5 Å². The Hall–Kier alpha value is -4.60. The molecule has 0 aliphatic heterocycles. The van der Waals surface area contributed by atoms with Crippen LogP contribution < -0.4 is 16.7 Å². The molecule has 5 aromatic rings. The third-order valence-corrected chi connectivity index (χ3v) is 6.14. The molecule has 0 amide bonds. The highest BCUT2D eigenvalue weighted by Gasteiger charge is 2.35. The number of hydrogen-bond donors (Lipinski definition) is 1. The first-order chi connectivity index (χ1) is 18.8. The second kappa shape index (κ2) is 9.86. The molecule has 0 bridgehead atoms. The van der Waals surface area contributed by atoms with Crippen LogP contribution in [0.25, 0.3) is 10.9 Å². The Morgan fingerprint density at radius 3 is 2.35 bits per heavy atom. The molecular weight excluding hydrogens is 565 g/mol. The topological polar surface area (TPSA) is 117 Å². The second-order valence-electron chi connectivity index (χ2n) is 8.75. The van der Waals surface area contributed by atoms with Crippen molar-refractivity contribution in [2.45, 2.75) is 19.3 Å². The van der Waals surface area contributed by atoms with Gasteiger partial charge in [0.25, 0.3) is 0 Å². The van der Waals surface area contributed by atoms with Crippen LogP contribution in [0.4, 0.5) is 33.6 Å². The quantitative estimate of drug-likeness (QED) is 0.306. The Balaban J connectivity index is 1.68. The van der Waals surface area contributed by atoms with Crippen molar-refractivity contribution >= 4 is 34.1 Å². The minimum atomic E-state index is -5.09. The molecule has 0 aliphatic rings. The summed E-state index contributed by atoms with van der Waals surface area (Å²) in [5.74, 6) is -3.73. The van der Waals surface area contributed by atoms with Crippen molar-refractivity contribution in [2.75, 3.05) is 5.32 Å². The van der Waals surface area contributed by atoms with E-state index < -0.39 is 59.4 Å². The van der Waals surface area contributed by atoms with Gasteiger partial charge in [-0.15, -0.1) is 0 Å². The molecule has 5 rings (SSSR count). The maximum absolute atomic E-state index is 14.1. The van der Waals surface area contributed by atoms with E-state index in [0.717, 1.165) is 0 Å². The van der Waals surface area contributed by atoms with Crippen LogP contribution >= 0.6 is 11.6 Å². The summed E-state index contributed by atoms with van der Waals surface area (Å²) < 4.78 is 73.2. The Bertz CT molecular complexity index is 1890. The number of anilines is 2. The van der Waals surface area contributed by atoms with Gasteiger partial charge >= 0.3 is 17.6 Å². The average Bonchev–Trinajstić information content (AvgIpc) is 3.44. The lowest BCUT2D eigenvalue weighted by molar-refractivity contribution is -0.138. The summed E-state index contributed by atoms with van der Waals surface area (Å²) in [5.41, 5.74) is -3.81. The zero-order valence-electron chi connectivity index (χ0n) is 20.5. The lowest BCUT2D eigenvalue weighted by Crippen LogP contribution is -2.43. The minimum Gasteiger partial charge on any atom is -0.324 e. The van der Waals surface area contributed by atoms with Crippen molar-refractivity contribution in [1.82, 2.24) is 38.7 Å². The summed E-state index contributed by atoms with van der Waals surface area (Å²) >= 11 is 6.35. The molecule has 0 spiro atoms. The van der Waals surface area contributed by atoms with E-state index in [1.807, 2.05) is 0 Å². The highest BCUT2D eigenvalue weighted by molar-refractivity contribution is 6.34. The van der Waals surface area contributed by atoms with Crippen LogP contribution in [-0.2, 0) is 33.4 Å². The van der Waals surface area contributed by atoms with Gasteiger partial charge in [0.05, 0.1) is 34.9 Å². The molecule has 0 aliphatic carbocycles. The first-order valence-corrected chi connectivity index (χ1v) is 11.7. The van der Waals surface area contributed by atoms with Crippen LogP contribution in [0.2, 0.25) is 5.02 Å². The van der Waals surface area contributed by atoms with Gasteiger partial charge in [0.2, 0.25) is 5.95 Å². The van der Waals surface area contributed by atoms with Crippen LogP contribution in [0.15, 0.2) is 46.4 Å². The lowest BCUT2D eigenvalue weighted by Gasteiger charge is -2.18. The monoisotopic (exact) mass is 581 g/mol. The maximum atomic E-state index is 14.1. The highest BCUT2D eigenvalue weighted by Crippen LogP contribution is 2.34. The van der Waals surface area contributed by atoms with Gasteiger partial charge in [0.15, 0.2) is 17.5 Å². The second-order valence-corrected chi connectivity index (χ2v) is 9.15. The van der Waals surface area contributed by atoms with Crippen LogP contribution in [0.5, 0.6) is 0 Å². The van der Waals surface area contributed by atoms with Gasteiger partial charge < -0.3 is 5.32 Å². The summed E-state index contributed by atoms with van der Waals surface area (Å²) in [5, 5.41) is 11.6. The zero-order valence-corrected chi connectivity index (χ0v) is 21.3. The van der Waals surface area contributed by atoms with Crippen molar-refractivity contribution in [3.8, 4) is 0 Å². The number of nitrogens with zero attached hydrogens (tertiary/aromatic N) is 8. The van der Waals surface area contributed by atoms with Crippen molar-refractivity contribution < 1.29 is 22.0 Å². The van der Waals surface area contributed by atoms with Crippen LogP contribution in [-0.4, -0.2) is 38.7 Å². The van der Waals surface area contributed by atoms with E-state index >= 15 is 0 Å². The van der Waals surface area contributed by atoms with Gasteiger partial charge in [0.1, 0.15) is 6.33 Å². The molecule has 0 atom stereocenters. The largest absolute Gasteiger partial charge is 0.416 e. The molecule has 40 heavy (non-hydrogen) atoms. The van der Waals surface area contributed by atoms with Crippen molar-refractivity contribution in [1.29, 1.82) is 0 Å². The van der Waals surface area contributed by atoms with Gasteiger partial charge in [-0.1, -0.05) is 11.6 Å². The third-order valence-electron chi connectivity index (χ3n) is 5.83. The van der Waals surface area contributed by atoms with Gasteiger partial charge in [-0.3, -0.25) is 13.9 Å². The Morgan fingerprint density at radius 1 is 0.950 bits per heavy atom. The molecular formula is C23H17ClF5N9O2. The highest BCUT2D eigenvalue weighted by atomic mass is 35.5. The summed E-state index contributed by atoms with van der Waals surface area (Å²) in [6, 6.07) is 3.35. The fourth-order valence-corrected chi connectivity index (χ4v) is 4.24. The molecule has 3 heterocycles. The Labute approximate surface area is 225 Å². The van der Waals surface area contributed by atoms with E-state index in [0.29, 0.717) is 26.1 Å². The standard InChI is InChI=1S/C23H17ClF5N9O2/c1-35-7-12-4-18(14(24)6-17(12)33-35)31-20-32-21(39)38(9-19-30-10-36(2)34-19)22(40)37(20)8-11-3-15(25)16(26)5-13(11)23(27,28)29/h3-7,10H,8-9H2,1-2H3,(H,31,32,39). The van der Waals surface area contributed by atoms with Crippen molar-refractivity contribution in [3.63, 3.8) is 0 Å². The number of aromatic nitrogens is 8. The molecule has 0 saturated heterocycles. The van der Waals surface area contributed by atoms with E-state index in [4.69, 9.17) is 11.6 Å². The van der Waals surface area contributed by atoms with Crippen molar-refractivity contribution in [2.24, 2.45) is 14.1 Å². The fourth-order valence-electron chi connectivity index (χ4n) is 4.04. The SMILES string of the molecule is Cn1cnc(Cn2c(=O)nc(Nc3cc4cn(C)nc4cc3Cl)n(Cc3cc(F)c(F)cc3C(F)(F)F)c2=O)n1. The lowest BCUT2D eigenvalue weighted by atomic mass is 10.1. The van der Waals surface area contributed by atoms with Crippen LogP contribution in [0.1, 0.15) is 17.0 Å². The van der Waals surface area contributed by atoms with Crippen LogP contribution in [0.3, 0.4) is 0 Å². The number of rotatable bonds is 6. The third kappa shape index (κ3) is 5.16. The molecule has 3 aromatic heterocycles. The predicted octanol–water partition coefficient (Wildman–Crippen LogP) is 3.21. The summed E-state index contributed by atoms with van der Waals surface area (Å²) in [4.78, 5) is 34.2. The molecule has 17 heteroatoms. The molecule has 0 fully saturated rings. The number of aryl methyl sites for hydroxylation is 2. The summed E-state index contributed by atoms with van der Waals surface area (Å²) in [6.45, 7) is -1.40. The van der Waals surface area contributed by atoms with E-state index in [1.165, 1.54) is 27.8 Å². The normalized spacial score (nSPS) is 11.9. The number of halogens is 6. The van der Waals surface area contributed by atoms with E-state index in [9.17, 15) is 31.5 Å². The van der Waals surface area contributed by atoms with Gasteiger partial charge in [0, 0.05) is 25.7 Å². The van der Waals surface area contributed by atoms with E-state index in [-0.39, 0.29) is 22.6 Å². The number of fused-ring (bicyclic) bond motifs is 1. The van der Waals surface area contributed by atoms with Crippen molar-refractivity contribution in [3.05, 3.63) is 91.4 Å². The van der Waals surface area contributed by atoms with Crippen LogP contribution in [0, 0.1) is 11.6 Å². The minimum absolute atomic E-state index is 0.00271. The molecule has 1 N–H and O–H groups in total. The summed E-state index contributed by atoms with van der Waals surface area (Å²) in [7, 11) is 3.23. The van der Waals surface area contributed by atoms with Gasteiger partial charge in [-0.2, -0.15) is 28.4 Å².